The molecule has 6 heteroatoms. The number of ether oxygens (including phenoxy) is 3. The van der Waals surface area contributed by atoms with Gasteiger partial charge in [0.25, 0.3) is 0 Å². The van der Waals surface area contributed by atoms with Crippen LogP contribution < -0.4 is 4.74 Å². The molecule has 5 fully saturated rings. The molecule has 152 valence electrons. The van der Waals surface area contributed by atoms with Gasteiger partial charge in [-0.3, -0.25) is 4.79 Å². The Kier molecular flexibility index (Phi) is 4.32. The maximum Gasteiger partial charge on any atom is 0.205 e. The maximum atomic E-state index is 10.9. The Labute approximate surface area is 165 Å². The number of rotatable bonds is 3. The third-order valence-corrected chi connectivity index (χ3v) is 7.37. The first-order valence-electron chi connectivity index (χ1n) is 10.4. The minimum Gasteiger partial charge on any atom is -0.465 e. The molecule has 1 aromatic carbocycles. The number of carbonyl (C=O) groups is 1. The number of benzene rings is 1. The molecule has 6 nitrogen and oxygen atoms in total. The fourth-order valence-electron chi connectivity index (χ4n) is 5.77. The number of hydrogen-bond acceptors (Lipinski definition) is 6. The van der Waals surface area contributed by atoms with E-state index in [0.29, 0.717) is 23.1 Å². The Morgan fingerprint density at radius 1 is 1.07 bits per heavy atom. The highest BCUT2D eigenvalue weighted by molar-refractivity contribution is 5.74. The molecule has 0 N–H and O–H groups in total. The van der Waals surface area contributed by atoms with Crippen molar-refractivity contribution in [2.45, 2.75) is 70.4 Å². The van der Waals surface area contributed by atoms with Crippen molar-refractivity contribution in [2.24, 2.45) is 23.7 Å². The average Bonchev–Trinajstić information content (AvgIpc) is 2.92. The summed E-state index contributed by atoms with van der Waals surface area (Å²) in [5.74, 6) is 1.13. The molecular formula is C22H28O6. The number of aldehydes is 1. The van der Waals surface area contributed by atoms with Crippen LogP contribution in [0, 0.1) is 23.7 Å². The predicted octanol–water partition coefficient (Wildman–Crippen LogP) is 4.09. The lowest BCUT2D eigenvalue weighted by molar-refractivity contribution is -0.575. The van der Waals surface area contributed by atoms with Crippen molar-refractivity contribution in [3.63, 3.8) is 0 Å². The molecule has 6 rings (SSSR count). The molecule has 2 bridgehead atoms. The average molecular weight is 388 g/mol. The van der Waals surface area contributed by atoms with Crippen molar-refractivity contribution in [1.82, 2.24) is 0 Å². The van der Waals surface area contributed by atoms with Gasteiger partial charge in [-0.2, -0.15) is 0 Å². The maximum absolute atomic E-state index is 10.9. The van der Waals surface area contributed by atoms with Crippen molar-refractivity contribution in [3.8, 4) is 5.75 Å². The molecule has 28 heavy (non-hydrogen) atoms. The van der Waals surface area contributed by atoms with E-state index in [1.165, 1.54) is 0 Å². The smallest absolute Gasteiger partial charge is 0.205 e. The van der Waals surface area contributed by atoms with Crippen molar-refractivity contribution < 1.29 is 28.8 Å². The van der Waals surface area contributed by atoms with Gasteiger partial charge in [0, 0.05) is 23.8 Å². The standard InChI is InChI=1S/C22H28O6/c1-13-4-9-18-14(2)19(24-16-7-5-15(12-23)6-8-16)25-20-22(18)17(13)10-11-21(3,26-20)27-28-22/h5-8,12-14,17-20H,4,9-11H2,1-3H3/t13-,14-,17?,18?,19-,20-,21?,22-/m1/s1. The van der Waals surface area contributed by atoms with Crippen LogP contribution in [0.5, 0.6) is 5.75 Å². The summed E-state index contributed by atoms with van der Waals surface area (Å²) in [5.41, 5.74) is 0.0461. The number of fused-ring (bicyclic) bond motifs is 2. The van der Waals surface area contributed by atoms with Gasteiger partial charge >= 0.3 is 0 Å². The molecule has 4 heterocycles. The van der Waals surface area contributed by atoms with Gasteiger partial charge in [-0.1, -0.05) is 13.8 Å². The zero-order valence-electron chi connectivity index (χ0n) is 16.6. The first-order valence-corrected chi connectivity index (χ1v) is 10.4. The zero-order chi connectivity index (χ0) is 19.5. The first kappa shape index (κ1) is 18.6. The van der Waals surface area contributed by atoms with Crippen molar-refractivity contribution in [3.05, 3.63) is 29.8 Å². The van der Waals surface area contributed by atoms with Crippen molar-refractivity contribution >= 4 is 6.29 Å². The Morgan fingerprint density at radius 3 is 2.61 bits per heavy atom. The summed E-state index contributed by atoms with van der Waals surface area (Å²) < 4.78 is 18.9. The van der Waals surface area contributed by atoms with Gasteiger partial charge in [-0.15, -0.1) is 0 Å². The third kappa shape index (κ3) is 2.65. The molecular weight excluding hydrogens is 360 g/mol. The van der Waals surface area contributed by atoms with Crippen LogP contribution in [0.4, 0.5) is 0 Å². The predicted molar refractivity (Wildman–Crippen MR) is 99.3 cm³/mol. The second-order valence-corrected chi connectivity index (χ2v) is 9.08. The third-order valence-electron chi connectivity index (χ3n) is 7.37. The second-order valence-electron chi connectivity index (χ2n) is 9.08. The summed E-state index contributed by atoms with van der Waals surface area (Å²) in [7, 11) is 0. The molecule has 5 aliphatic rings. The van der Waals surface area contributed by atoms with Gasteiger partial charge in [0.05, 0.1) is 0 Å². The highest BCUT2D eigenvalue weighted by atomic mass is 17.3. The van der Waals surface area contributed by atoms with Crippen molar-refractivity contribution in [2.75, 3.05) is 0 Å². The molecule has 8 atom stereocenters. The lowest BCUT2D eigenvalue weighted by Crippen LogP contribution is -2.70. The molecule has 3 unspecified atom stereocenters. The molecule has 0 aromatic heterocycles. The highest BCUT2D eigenvalue weighted by Gasteiger charge is 2.69. The van der Waals surface area contributed by atoms with E-state index in [1.54, 1.807) is 24.3 Å². The Hall–Kier alpha value is -1.47. The molecule has 0 radical (unpaired) electrons. The van der Waals surface area contributed by atoms with Gasteiger partial charge in [0.2, 0.25) is 12.1 Å². The second kappa shape index (κ2) is 6.52. The lowest BCUT2D eigenvalue weighted by atomic mass is 9.58. The summed E-state index contributed by atoms with van der Waals surface area (Å²) in [6.07, 6.45) is 3.87. The van der Waals surface area contributed by atoms with E-state index in [2.05, 4.69) is 13.8 Å². The molecule has 0 amide bonds. The quantitative estimate of drug-likeness (QED) is 0.574. The van der Waals surface area contributed by atoms with Gasteiger partial charge in [0.15, 0.2) is 11.9 Å². The van der Waals surface area contributed by atoms with Crippen LogP contribution in [0.3, 0.4) is 0 Å². The molecule has 1 aromatic rings. The van der Waals surface area contributed by atoms with E-state index in [9.17, 15) is 4.79 Å². The Bertz CT molecular complexity index is 750. The van der Waals surface area contributed by atoms with E-state index >= 15 is 0 Å². The fourth-order valence-corrected chi connectivity index (χ4v) is 5.77. The molecule has 4 saturated heterocycles. The van der Waals surface area contributed by atoms with E-state index in [0.717, 1.165) is 32.0 Å². The SMILES string of the molecule is C[C@@H]1CCC2[C@@H](C)[C@H](Oc3ccc(C=O)cc3)O[C@@H]3OC4(C)CCC1[C@@]23OO4. The Balaban J connectivity index is 1.46. The van der Waals surface area contributed by atoms with Gasteiger partial charge in [-0.05, 0) is 62.3 Å². The van der Waals surface area contributed by atoms with E-state index in [1.807, 2.05) is 6.92 Å². The van der Waals surface area contributed by atoms with Crippen LogP contribution in [0.1, 0.15) is 56.8 Å². The molecule has 1 saturated carbocycles. The number of carbonyl (C=O) groups excluding carboxylic acids is 1. The minimum absolute atomic E-state index is 0.117. The first-order chi connectivity index (χ1) is 13.4. The lowest BCUT2D eigenvalue weighted by Gasteiger charge is -2.60. The van der Waals surface area contributed by atoms with Gasteiger partial charge in [0.1, 0.15) is 12.0 Å². The van der Waals surface area contributed by atoms with Crippen LogP contribution in [0.25, 0.3) is 0 Å². The monoisotopic (exact) mass is 388 g/mol. The van der Waals surface area contributed by atoms with E-state index in [4.69, 9.17) is 24.0 Å². The van der Waals surface area contributed by atoms with Crippen LogP contribution in [-0.2, 0) is 19.2 Å². The van der Waals surface area contributed by atoms with E-state index < -0.39 is 24.0 Å². The van der Waals surface area contributed by atoms with Crippen molar-refractivity contribution in [1.29, 1.82) is 0 Å². The van der Waals surface area contributed by atoms with Crippen LogP contribution in [-0.4, -0.2) is 30.3 Å². The van der Waals surface area contributed by atoms with Gasteiger partial charge in [-0.25, -0.2) is 9.78 Å². The fraction of sp³-hybridized carbons (Fsp3) is 0.682. The highest BCUT2D eigenvalue weighted by Crippen LogP contribution is 2.60. The van der Waals surface area contributed by atoms with E-state index in [-0.39, 0.29) is 11.8 Å². The summed E-state index contributed by atoms with van der Waals surface area (Å²) in [4.78, 5) is 22.9. The zero-order valence-corrected chi connectivity index (χ0v) is 16.6. The summed E-state index contributed by atoms with van der Waals surface area (Å²) >= 11 is 0. The van der Waals surface area contributed by atoms with Crippen LogP contribution in [0.15, 0.2) is 24.3 Å². The molecule has 1 spiro atoms. The normalized spacial score (nSPS) is 47.1. The number of hydrogen-bond donors (Lipinski definition) is 0. The topological polar surface area (TPSA) is 63.2 Å². The summed E-state index contributed by atoms with van der Waals surface area (Å²) in [5, 5.41) is 0. The summed E-state index contributed by atoms with van der Waals surface area (Å²) in [6, 6.07) is 7.10. The molecule has 4 aliphatic heterocycles. The molecule has 1 aliphatic carbocycles. The Morgan fingerprint density at radius 2 is 1.86 bits per heavy atom. The van der Waals surface area contributed by atoms with Crippen LogP contribution >= 0.6 is 0 Å². The minimum atomic E-state index is -0.783. The van der Waals surface area contributed by atoms with Gasteiger partial charge < -0.3 is 14.2 Å². The largest absolute Gasteiger partial charge is 0.465 e. The van der Waals surface area contributed by atoms with Crippen LogP contribution in [0.2, 0.25) is 0 Å². The summed E-state index contributed by atoms with van der Waals surface area (Å²) in [6.45, 7) is 6.39.